The Morgan fingerprint density at radius 2 is 1.96 bits per heavy atom. The maximum Gasteiger partial charge on any atom is 0.0649 e. The molecule has 2 aromatic carbocycles. The number of piperidine rings is 1. The number of hydrogen-bond donors (Lipinski definition) is 2. The second-order valence-corrected chi connectivity index (χ2v) is 7.70. The lowest BCUT2D eigenvalue weighted by atomic mass is 9.68. The topological polar surface area (TPSA) is 27.3 Å². The molecule has 3 unspecified atom stereocenters. The highest BCUT2D eigenvalue weighted by atomic mass is 15.2. The van der Waals surface area contributed by atoms with Crippen molar-refractivity contribution in [2.45, 2.75) is 50.7 Å². The molecule has 0 radical (unpaired) electrons. The van der Waals surface area contributed by atoms with Crippen molar-refractivity contribution in [2.75, 3.05) is 16.8 Å². The first-order chi connectivity index (χ1) is 11.7. The maximum atomic E-state index is 3.65. The van der Waals surface area contributed by atoms with Crippen molar-refractivity contribution < 1.29 is 0 Å². The van der Waals surface area contributed by atoms with Crippen molar-refractivity contribution in [1.29, 1.82) is 0 Å². The summed E-state index contributed by atoms with van der Waals surface area (Å²) in [7, 11) is 0. The highest BCUT2D eigenvalue weighted by Gasteiger charge is 2.52. The summed E-state index contributed by atoms with van der Waals surface area (Å²) in [5, 5.41) is 7.29. The Kier molecular flexibility index (Phi) is 2.99. The minimum atomic E-state index is 0.264. The van der Waals surface area contributed by atoms with Gasteiger partial charge >= 0.3 is 0 Å². The fourth-order valence-electron chi connectivity index (χ4n) is 5.33. The summed E-state index contributed by atoms with van der Waals surface area (Å²) >= 11 is 0. The molecule has 2 aromatic rings. The lowest BCUT2D eigenvalue weighted by Gasteiger charge is -2.43. The van der Waals surface area contributed by atoms with Gasteiger partial charge in [-0.2, -0.15) is 0 Å². The van der Waals surface area contributed by atoms with E-state index in [1.165, 1.54) is 35.5 Å². The molecule has 0 aliphatic carbocycles. The van der Waals surface area contributed by atoms with E-state index in [9.17, 15) is 0 Å². The fraction of sp³-hybridized carbons (Fsp3) is 0.429. The molecular weight excluding hydrogens is 294 g/mol. The molecule has 1 saturated heterocycles. The summed E-state index contributed by atoms with van der Waals surface area (Å²) in [4.78, 5) is 2.62. The number of nitrogens with zero attached hydrogens (tertiary/aromatic N) is 1. The van der Waals surface area contributed by atoms with Gasteiger partial charge in [-0.15, -0.1) is 0 Å². The first kappa shape index (κ1) is 14.4. The third-order valence-corrected chi connectivity index (χ3v) is 6.45. The molecule has 5 rings (SSSR count). The molecule has 0 saturated carbocycles. The lowest BCUT2D eigenvalue weighted by Crippen LogP contribution is -2.51. The van der Waals surface area contributed by atoms with Crippen LogP contribution < -0.4 is 15.5 Å². The molecule has 124 valence electrons. The van der Waals surface area contributed by atoms with Crippen LogP contribution in [0.1, 0.15) is 37.8 Å². The van der Waals surface area contributed by atoms with Crippen LogP contribution in [0, 0.1) is 0 Å². The van der Waals surface area contributed by atoms with Crippen molar-refractivity contribution in [1.82, 2.24) is 5.32 Å². The van der Waals surface area contributed by atoms with Gasteiger partial charge in [-0.05, 0) is 56.5 Å². The summed E-state index contributed by atoms with van der Waals surface area (Å²) in [6, 6.07) is 16.8. The van der Waals surface area contributed by atoms with E-state index in [1.54, 1.807) is 5.56 Å². The van der Waals surface area contributed by atoms with Crippen LogP contribution in [0.15, 0.2) is 42.5 Å². The van der Waals surface area contributed by atoms with Crippen LogP contribution in [0.25, 0.3) is 0 Å². The molecule has 2 N–H and O–H groups in total. The van der Waals surface area contributed by atoms with Gasteiger partial charge in [0.1, 0.15) is 0 Å². The number of benzene rings is 2. The van der Waals surface area contributed by atoms with Gasteiger partial charge in [0.15, 0.2) is 0 Å². The summed E-state index contributed by atoms with van der Waals surface area (Å²) < 4.78 is 0. The Hall–Kier alpha value is -2.00. The van der Waals surface area contributed by atoms with E-state index in [1.807, 2.05) is 0 Å². The van der Waals surface area contributed by atoms with Crippen LogP contribution >= 0.6 is 0 Å². The predicted molar refractivity (Wildman–Crippen MR) is 100 cm³/mol. The average Bonchev–Trinajstić information content (AvgIpc) is 2.74. The van der Waals surface area contributed by atoms with Crippen LogP contribution in [-0.2, 0) is 12.0 Å². The number of fused-ring (bicyclic) bond motifs is 3. The average molecular weight is 319 g/mol. The van der Waals surface area contributed by atoms with Gasteiger partial charge in [0.2, 0.25) is 0 Å². The second-order valence-electron chi connectivity index (χ2n) is 7.70. The number of anilines is 3. The molecule has 3 atom stereocenters. The summed E-state index contributed by atoms with van der Waals surface area (Å²) in [6.45, 7) is 6.79. The number of para-hydroxylation sites is 3. The Morgan fingerprint density at radius 3 is 2.83 bits per heavy atom. The third-order valence-electron chi connectivity index (χ3n) is 6.45. The lowest BCUT2D eigenvalue weighted by molar-refractivity contribution is 0.241. The smallest absolute Gasteiger partial charge is 0.0649 e. The Bertz CT molecular complexity index is 799. The largest absolute Gasteiger partial charge is 0.379 e. The standard InChI is InChI=1S/C21H25N3/c1-14-12-21(10-11-22-14)15(2)24-19-9-4-3-8-18(19)23-13-16-6-5-7-17(21)20(16)24/h3-9,14-15,22-23H,10-13H2,1-2H3. The summed E-state index contributed by atoms with van der Waals surface area (Å²) in [5.41, 5.74) is 7.32. The molecule has 1 fully saturated rings. The normalized spacial score (nSPS) is 30.5. The second kappa shape index (κ2) is 5.00. The molecule has 3 heterocycles. The van der Waals surface area contributed by atoms with Gasteiger partial charge in [0, 0.05) is 24.0 Å². The minimum Gasteiger partial charge on any atom is -0.379 e. The zero-order valence-electron chi connectivity index (χ0n) is 14.5. The van der Waals surface area contributed by atoms with Crippen molar-refractivity contribution in [2.24, 2.45) is 0 Å². The fourth-order valence-corrected chi connectivity index (χ4v) is 5.33. The highest BCUT2D eigenvalue weighted by molar-refractivity contribution is 5.85. The third kappa shape index (κ3) is 1.76. The van der Waals surface area contributed by atoms with Crippen LogP contribution in [0.4, 0.5) is 17.1 Å². The van der Waals surface area contributed by atoms with Crippen molar-refractivity contribution in [3.63, 3.8) is 0 Å². The van der Waals surface area contributed by atoms with Gasteiger partial charge in [0.25, 0.3) is 0 Å². The quantitative estimate of drug-likeness (QED) is 0.763. The summed E-state index contributed by atoms with van der Waals surface area (Å²) in [5.74, 6) is 0. The van der Waals surface area contributed by atoms with Crippen LogP contribution in [-0.4, -0.2) is 18.6 Å². The van der Waals surface area contributed by atoms with Crippen molar-refractivity contribution >= 4 is 17.1 Å². The van der Waals surface area contributed by atoms with E-state index in [-0.39, 0.29) is 5.41 Å². The first-order valence-corrected chi connectivity index (χ1v) is 9.18. The molecule has 0 aromatic heterocycles. The molecular formula is C21H25N3. The number of nitrogens with one attached hydrogen (secondary N) is 2. The number of hydrogen-bond acceptors (Lipinski definition) is 3. The SMILES string of the molecule is CC1CC2(CCN1)c1cccc3c1N(c1ccccc1NC3)C2C. The van der Waals surface area contributed by atoms with E-state index < -0.39 is 0 Å². The summed E-state index contributed by atoms with van der Waals surface area (Å²) in [6.07, 6.45) is 2.44. The Labute approximate surface area is 144 Å². The maximum absolute atomic E-state index is 3.65. The molecule has 0 amide bonds. The van der Waals surface area contributed by atoms with Gasteiger partial charge < -0.3 is 15.5 Å². The van der Waals surface area contributed by atoms with Crippen molar-refractivity contribution in [3.05, 3.63) is 53.6 Å². The van der Waals surface area contributed by atoms with Gasteiger partial charge in [-0.25, -0.2) is 0 Å². The highest BCUT2D eigenvalue weighted by Crippen LogP contribution is 2.56. The minimum absolute atomic E-state index is 0.264. The van der Waals surface area contributed by atoms with E-state index in [0.29, 0.717) is 12.1 Å². The van der Waals surface area contributed by atoms with E-state index in [2.05, 4.69) is 71.8 Å². The van der Waals surface area contributed by atoms with Crippen LogP contribution in [0.3, 0.4) is 0 Å². The van der Waals surface area contributed by atoms with Crippen molar-refractivity contribution in [3.8, 4) is 0 Å². The van der Waals surface area contributed by atoms with Crippen LogP contribution in [0.2, 0.25) is 0 Å². The van der Waals surface area contributed by atoms with E-state index in [4.69, 9.17) is 0 Å². The predicted octanol–water partition coefficient (Wildman–Crippen LogP) is 4.16. The molecule has 3 heteroatoms. The molecule has 3 aliphatic heterocycles. The Morgan fingerprint density at radius 1 is 1.08 bits per heavy atom. The zero-order valence-corrected chi connectivity index (χ0v) is 14.5. The molecule has 1 spiro atoms. The molecule has 0 bridgehead atoms. The van der Waals surface area contributed by atoms with Gasteiger partial charge in [0.05, 0.1) is 17.1 Å². The van der Waals surface area contributed by atoms with E-state index in [0.717, 1.165) is 13.1 Å². The monoisotopic (exact) mass is 319 g/mol. The van der Waals surface area contributed by atoms with Crippen LogP contribution in [0.5, 0.6) is 0 Å². The van der Waals surface area contributed by atoms with Gasteiger partial charge in [-0.3, -0.25) is 0 Å². The molecule has 24 heavy (non-hydrogen) atoms. The number of rotatable bonds is 0. The zero-order chi connectivity index (χ0) is 16.3. The molecule has 3 aliphatic rings. The van der Waals surface area contributed by atoms with Gasteiger partial charge in [-0.1, -0.05) is 30.3 Å². The van der Waals surface area contributed by atoms with E-state index >= 15 is 0 Å². The Balaban J connectivity index is 1.77. The first-order valence-electron chi connectivity index (χ1n) is 9.18. The molecule has 3 nitrogen and oxygen atoms in total.